The number of aliphatic hydroxyl groups excluding tert-OH is 1. The molecule has 0 saturated carbocycles. The Balaban J connectivity index is 1.64. The minimum atomic E-state index is -0.416. The minimum Gasteiger partial charge on any atom is -0.387 e. The fraction of sp³-hybridized carbons (Fsp3) is 0.500. The third-order valence-corrected chi connectivity index (χ3v) is 4.50. The van der Waals surface area contributed by atoms with Crippen molar-refractivity contribution in [2.24, 2.45) is 0 Å². The third kappa shape index (κ3) is 3.76. The zero-order chi connectivity index (χ0) is 15.4. The van der Waals surface area contributed by atoms with Crippen LogP contribution in [0.1, 0.15) is 36.5 Å². The fourth-order valence-corrected chi connectivity index (χ4v) is 3.29. The summed E-state index contributed by atoms with van der Waals surface area (Å²) in [6.45, 7) is 4.75. The summed E-state index contributed by atoms with van der Waals surface area (Å²) in [5.74, 6) is 0. The van der Waals surface area contributed by atoms with Crippen LogP contribution in [0.5, 0.6) is 0 Å². The van der Waals surface area contributed by atoms with Gasteiger partial charge in [-0.2, -0.15) is 5.10 Å². The number of aryl methyl sites for hydroxylation is 1. The van der Waals surface area contributed by atoms with E-state index in [0.29, 0.717) is 12.6 Å². The maximum absolute atomic E-state index is 10.5. The van der Waals surface area contributed by atoms with Gasteiger partial charge in [-0.25, -0.2) is 0 Å². The highest BCUT2D eigenvalue weighted by Gasteiger charge is 2.25. The van der Waals surface area contributed by atoms with Crippen LogP contribution in [-0.4, -0.2) is 38.9 Å². The quantitative estimate of drug-likeness (QED) is 0.923. The number of likely N-dealkylation sites (tertiary alicyclic amines) is 1. The first-order chi connectivity index (χ1) is 10.7. The lowest BCUT2D eigenvalue weighted by molar-refractivity contribution is 0.0591. The lowest BCUT2D eigenvalue weighted by Gasteiger charge is -2.37. The Morgan fingerprint density at radius 2 is 2.09 bits per heavy atom. The van der Waals surface area contributed by atoms with Crippen LogP contribution in [-0.2, 0) is 6.54 Å². The predicted octanol–water partition coefficient (Wildman–Crippen LogP) is 2.78. The third-order valence-electron chi connectivity index (χ3n) is 4.50. The highest BCUT2D eigenvalue weighted by molar-refractivity contribution is 5.17. The fourth-order valence-electron chi connectivity index (χ4n) is 3.29. The molecule has 2 aromatic rings. The molecule has 1 aliphatic heterocycles. The number of hydrogen-bond acceptors (Lipinski definition) is 3. The summed E-state index contributed by atoms with van der Waals surface area (Å²) in [6.07, 6.45) is 7.26. The van der Waals surface area contributed by atoms with Gasteiger partial charge in [0, 0.05) is 18.8 Å². The molecule has 1 fully saturated rings. The van der Waals surface area contributed by atoms with Gasteiger partial charge in [0.1, 0.15) is 0 Å². The molecule has 0 unspecified atom stereocenters. The van der Waals surface area contributed by atoms with Gasteiger partial charge in [-0.1, -0.05) is 36.8 Å². The van der Waals surface area contributed by atoms with Crippen LogP contribution in [0.4, 0.5) is 0 Å². The highest BCUT2D eigenvalue weighted by Crippen LogP contribution is 2.22. The van der Waals surface area contributed by atoms with Crippen molar-refractivity contribution in [2.75, 3.05) is 13.1 Å². The van der Waals surface area contributed by atoms with Crippen LogP contribution in [0, 0.1) is 6.92 Å². The first-order valence-corrected chi connectivity index (χ1v) is 8.18. The Labute approximate surface area is 132 Å². The van der Waals surface area contributed by atoms with Crippen molar-refractivity contribution in [1.29, 1.82) is 0 Å². The number of benzene rings is 1. The molecule has 1 N–H and O–H groups in total. The van der Waals surface area contributed by atoms with Gasteiger partial charge in [0.25, 0.3) is 0 Å². The molecule has 0 amide bonds. The van der Waals surface area contributed by atoms with E-state index >= 15 is 0 Å². The number of nitrogens with zero attached hydrogens (tertiary/aromatic N) is 3. The molecule has 2 heterocycles. The van der Waals surface area contributed by atoms with E-state index in [-0.39, 0.29) is 0 Å². The average Bonchev–Trinajstić information content (AvgIpc) is 2.95. The van der Waals surface area contributed by atoms with E-state index in [1.807, 2.05) is 41.2 Å². The number of β-amino-alcohol motifs (C(OH)–C–C–N with tert-alkyl or cyclic N) is 1. The molecule has 1 saturated heterocycles. The number of aliphatic hydroxyl groups is 1. The van der Waals surface area contributed by atoms with E-state index in [1.54, 1.807) is 0 Å². The normalized spacial score (nSPS) is 20.9. The van der Waals surface area contributed by atoms with Crippen LogP contribution < -0.4 is 0 Å². The van der Waals surface area contributed by atoms with E-state index in [9.17, 15) is 5.11 Å². The summed E-state index contributed by atoms with van der Waals surface area (Å²) in [5, 5.41) is 14.9. The SMILES string of the molecule is Cc1cnn(C[C@@H]2CCCCN2C[C@H](O)c2ccccc2)c1. The molecule has 0 radical (unpaired) electrons. The molecule has 22 heavy (non-hydrogen) atoms. The zero-order valence-corrected chi connectivity index (χ0v) is 13.2. The van der Waals surface area contributed by atoms with Gasteiger partial charge >= 0.3 is 0 Å². The van der Waals surface area contributed by atoms with Crippen molar-refractivity contribution in [1.82, 2.24) is 14.7 Å². The van der Waals surface area contributed by atoms with Crippen molar-refractivity contribution in [3.05, 3.63) is 53.9 Å². The number of rotatable bonds is 5. The Bertz CT molecular complexity index is 581. The van der Waals surface area contributed by atoms with Gasteiger partial charge in [0.15, 0.2) is 0 Å². The molecule has 4 nitrogen and oxygen atoms in total. The maximum Gasteiger partial charge on any atom is 0.0917 e. The standard InChI is InChI=1S/C18H25N3O/c1-15-11-19-21(12-15)13-17-9-5-6-10-20(17)14-18(22)16-7-3-2-4-8-16/h2-4,7-8,11-12,17-18,22H,5-6,9-10,13-14H2,1H3/t17-,18-/m0/s1. The van der Waals surface area contributed by atoms with Gasteiger partial charge in [-0.05, 0) is 37.4 Å². The van der Waals surface area contributed by atoms with Crippen LogP contribution in [0.25, 0.3) is 0 Å². The van der Waals surface area contributed by atoms with Gasteiger partial charge < -0.3 is 5.11 Å². The first-order valence-electron chi connectivity index (χ1n) is 8.18. The molecule has 3 rings (SSSR count). The Morgan fingerprint density at radius 3 is 2.82 bits per heavy atom. The number of hydrogen-bond donors (Lipinski definition) is 1. The molecule has 1 aliphatic rings. The van der Waals surface area contributed by atoms with Crippen molar-refractivity contribution in [3.8, 4) is 0 Å². The predicted molar refractivity (Wildman–Crippen MR) is 87.6 cm³/mol. The Kier molecular flexibility index (Phi) is 4.90. The summed E-state index contributed by atoms with van der Waals surface area (Å²) in [5.41, 5.74) is 2.20. The van der Waals surface area contributed by atoms with Crippen LogP contribution in [0.15, 0.2) is 42.7 Å². The second-order valence-corrected chi connectivity index (χ2v) is 6.31. The van der Waals surface area contributed by atoms with Gasteiger partial charge in [-0.15, -0.1) is 0 Å². The van der Waals surface area contributed by atoms with Crippen molar-refractivity contribution < 1.29 is 5.11 Å². The van der Waals surface area contributed by atoms with Gasteiger partial charge in [0.2, 0.25) is 0 Å². The monoisotopic (exact) mass is 299 g/mol. The molecule has 118 valence electrons. The molecule has 0 bridgehead atoms. The maximum atomic E-state index is 10.5. The second-order valence-electron chi connectivity index (χ2n) is 6.31. The van der Waals surface area contributed by atoms with E-state index < -0.39 is 6.10 Å². The average molecular weight is 299 g/mol. The van der Waals surface area contributed by atoms with Gasteiger partial charge in [-0.3, -0.25) is 9.58 Å². The van der Waals surface area contributed by atoms with Gasteiger partial charge in [0.05, 0.1) is 18.8 Å². The largest absolute Gasteiger partial charge is 0.387 e. The number of piperidine rings is 1. The minimum absolute atomic E-state index is 0.416. The first kappa shape index (κ1) is 15.3. The van der Waals surface area contributed by atoms with Crippen molar-refractivity contribution in [2.45, 2.75) is 44.9 Å². The number of aromatic nitrogens is 2. The lowest BCUT2D eigenvalue weighted by atomic mass is 10.00. The highest BCUT2D eigenvalue weighted by atomic mass is 16.3. The van der Waals surface area contributed by atoms with Crippen LogP contribution in [0.3, 0.4) is 0 Å². The molecule has 0 aliphatic carbocycles. The smallest absolute Gasteiger partial charge is 0.0917 e. The zero-order valence-electron chi connectivity index (χ0n) is 13.2. The summed E-state index contributed by atoms with van der Waals surface area (Å²) < 4.78 is 2.03. The molecule has 2 atom stereocenters. The molecular weight excluding hydrogens is 274 g/mol. The second kappa shape index (κ2) is 7.07. The Hall–Kier alpha value is -1.65. The molecule has 4 heteroatoms. The summed E-state index contributed by atoms with van der Waals surface area (Å²) in [7, 11) is 0. The lowest BCUT2D eigenvalue weighted by Crippen LogP contribution is -2.44. The molecule has 1 aromatic carbocycles. The summed E-state index contributed by atoms with van der Waals surface area (Å²) in [4.78, 5) is 2.43. The van der Waals surface area contributed by atoms with E-state index in [1.165, 1.54) is 24.8 Å². The summed E-state index contributed by atoms with van der Waals surface area (Å²) in [6, 6.07) is 10.4. The summed E-state index contributed by atoms with van der Waals surface area (Å²) >= 11 is 0. The molecule has 0 spiro atoms. The molecule has 1 aromatic heterocycles. The molecular formula is C18H25N3O. The van der Waals surface area contributed by atoms with E-state index in [4.69, 9.17) is 0 Å². The van der Waals surface area contributed by atoms with Crippen molar-refractivity contribution >= 4 is 0 Å². The topological polar surface area (TPSA) is 41.3 Å². The van der Waals surface area contributed by atoms with Crippen LogP contribution in [0.2, 0.25) is 0 Å². The van der Waals surface area contributed by atoms with E-state index in [2.05, 4.69) is 23.1 Å². The van der Waals surface area contributed by atoms with Crippen LogP contribution >= 0.6 is 0 Å². The Morgan fingerprint density at radius 1 is 1.27 bits per heavy atom. The van der Waals surface area contributed by atoms with E-state index in [0.717, 1.165) is 18.7 Å². The van der Waals surface area contributed by atoms with Crippen molar-refractivity contribution in [3.63, 3.8) is 0 Å².